The molecule has 0 aliphatic carbocycles. The van der Waals surface area contributed by atoms with Crippen LogP contribution in [0.15, 0.2) is 60.8 Å². The Morgan fingerprint density at radius 3 is 1.31 bits per heavy atom. The van der Waals surface area contributed by atoms with Gasteiger partial charge in [0, 0.05) is 6.42 Å². The number of unbranched alkanes of at least 4 members (excludes halogenated alkanes) is 36. The second-order valence-electron chi connectivity index (χ2n) is 23.6. The van der Waals surface area contributed by atoms with Crippen molar-refractivity contribution >= 4 is 11.9 Å². The first-order valence-electron chi connectivity index (χ1n) is 34.1. The Hall–Kier alpha value is -2.64. The summed E-state index contributed by atoms with van der Waals surface area (Å²) in [6.07, 6.45) is 62.5. The predicted octanol–water partition coefficient (Wildman–Crippen LogP) is 17.0. The minimum absolute atomic E-state index is 0.115. The van der Waals surface area contributed by atoms with Gasteiger partial charge in [-0.2, -0.15) is 0 Å². The van der Waals surface area contributed by atoms with Crippen LogP contribution >= 0.6 is 0 Å². The molecule has 11 nitrogen and oxygen atoms in total. The summed E-state index contributed by atoms with van der Waals surface area (Å²) >= 11 is 0. The average molecular weight is 1140 g/mol. The fourth-order valence-corrected chi connectivity index (χ4v) is 10.5. The van der Waals surface area contributed by atoms with E-state index < -0.39 is 67.4 Å². The summed E-state index contributed by atoms with van der Waals surface area (Å²) in [6, 6.07) is -1.03. The standard InChI is InChI=1S/C70H127NO10/c1-4-7-10-13-16-19-22-24-26-28-30-32-34-36-38-40-43-46-49-52-55-58-65(75)81-68-67(77)66(76)64(59-72)80-70(68)79-60-61(62(73)56-53-50-47-44-41-21-18-15-12-9-6-3)71-69(78)63(74)57-54-51-48-45-42-39-37-35-33-31-29-27-25-23-20-17-14-11-8-5-2/h16,19,24-27,30,32,53,56,61-64,66-68,70,72-74,76-77H,4-15,17-18,20-23,28-29,31,33-52,54-55,57-60H2,1-3H3,(H,71,78)/b19-16-,26-24-,27-25+,32-30-,56-53+. The Kier molecular flexibility index (Phi) is 54.5. The lowest BCUT2D eigenvalue weighted by Crippen LogP contribution is -2.61. The monoisotopic (exact) mass is 1140 g/mol. The Morgan fingerprint density at radius 1 is 0.481 bits per heavy atom. The van der Waals surface area contributed by atoms with Gasteiger partial charge in [0.2, 0.25) is 5.91 Å². The molecule has 0 radical (unpaired) electrons. The summed E-state index contributed by atoms with van der Waals surface area (Å²) in [5.41, 5.74) is 0. The first-order chi connectivity index (χ1) is 39.7. The molecule has 11 heteroatoms. The van der Waals surface area contributed by atoms with Crippen LogP contribution in [0.25, 0.3) is 0 Å². The highest BCUT2D eigenvalue weighted by atomic mass is 16.7. The molecular weight excluding hydrogens is 1010 g/mol. The number of hydrogen-bond donors (Lipinski definition) is 6. The number of hydrogen-bond acceptors (Lipinski definition) is 10. The van der Waals surface area contributed by atoms with Gasteiger partial charge >= 0.3 is 5.97 Å². The largest absolute Gasteiger partial charge is 0.454 e. The van der Waals surface area contributed by atoms with Gasteiger partial charge < -0.3 is 45.1 Å². The van der Waals surface area contributed by atoms with Crippen LogP contribution in [0.1, 0.15) is 310 Å². The molecule has 472 valence electrons. The van der Waals surface area contributed by atoms with Gasteiger partial charge in [-0.25, -0.2) is 0 Å². The van der Waals surface area contributed by atoms with Crippen molar-refractivity contribution in [1.29, 1.82) is 0 Å². The second kappa shape index (κ2) is 57.8. The summed E-state index contributed by atoms with van der Waals surface area (Å²) < 4.78 is 17.7. The summed E-state index contributed by atoms with van der Waals surface area (Å²) in [4.78, 5) is 26.6. The van der Waals surface area contributed by atoms with Crippen molar-refractivity contribution in [1.82, 2.24) is 5.32 Å². The number of esters is 1. The fraction of sp³-hybridized carbons (Fsp3) is 0.829. The van der Waals surface area contributed by atoms with Crippen LogP contribution in [0.3, 0.4) is 0 Å². The zero-order valence-electron chi connectivity index (χ0n) is 52.4. The molecule has 8 unspecified atom stereocenters. The van der Waals surface area contributed by atoms with Gasteiger partial charge in [0.15, 0.2) is 12.4 Å². The summed E-state index contributed by atoms with van der Waals surface area (Å²) in [5.74, 6) is -1.20. The van der Waals surface area contributed by atoms with Crippen molar-refractivity contribution in [3.63, 3.8) is 0 Å². The summed E-state index contributed by atoms with van der Waals surface area (Å²) in [6.45, 7) is 5.77. The Bertz CT molecular complexity index is 1550. The Morgan fingerprint density at radius 2 is 0.852 bits per heavy atom. The SMILES string of the molecule is CCCCC/C=C\C/C=C\C/C=C\CCCCCCCCCCC(=O)OC1C(OCC(NC(=O)C(O)CCCCCCCCCCCC/C=C/CCCCCCCC)C(O)/C=C/CCCCCCCCCCC)OC(CO)C(O)C1O. The number of aliphatic hydroxyl groups is 5. The minimum atomic E-state index is -1.62. The molecule has 81 heavy (non-hydrogen) atoms. The van der Waals surface area contributed by atoms with Gasteiger partial charge in [-0.15, -0.1) is 0 Å². The molecule has 6 N–H and O–H groups in total. The van der Waals surface area contributed by atoms with E-state index in [1.165, 1.54) is 180 Å². The molecule has 1 fully saturated rings. The zero-order chi connectivity index (χ0) is 58.9. The van der Waals surface area contributed by atoms with Gasteiger partial charge in [0.05, 0.1) is 25.4 Å². The van der Waals surface area contributed by atoms with E-state index in [4.69, 9.17) is 14.2 Å². The van der Waals surface area contributed by atoms with Crippen LogP contribution in [0, 0.1) is 0 Å². The lowest BCUT2D eigenvalue weighted by molar-refractivity contribution is -0.305. The smallest absolute Gasteiger partial charge is 0.306 e. The van der Waals surface area contributed by atoms with Crippen molar-refractivity contribution in [2.45, 2.75) is 359 Å². The average Bonchev–Trinajstić information content (AvgIpc) is 3.50. The van der Waals surface area contributed by atoms with Crippen LogP contribution in [-0.2, 0) is 23.8 Å². The van der Waals surface area contributed by atoms with E-state index in [2.05, 4.69) is 74.7 Å². The molecule has 0 aromatic carbocycles. The van der Waals surface area contributed by atoms with Crippen LogP contribution in [0.2, 0.25) is 0 Å². The maximum absolute atomic E-state index is 13.5. The highest BCUT2D eigenvalue weighted by molar-refractivity contribution is 5.80. The number of carbonyl (C=O) groups is 2. The summed E-state index contributed by atoms with van der Waals surface area (Å²) in [5, 5.41) is 57.1. The van der Waals surface area contributed by atoms with Crippen LogP contribution in [0.5, 0.6) is 0 Å². The lowest BCUT2D eigenvalue weighted by atomic mass is 9.99. The normalized spacial score (nSPS) is 19.0. The molecule has 1 aliphatic rings. The van der Waals surface area contributed by atoms with Gasteiger partial charge in [0.25, 0.3) is 0 Å². The highest BCUT2D eigenvalue weighted by Gasteiger charge is 2.47. The lowest BCUT2D eigenvalue weighted by Gasteiger charge is -2.41. The summed E-state index contributed by atoms with van der Waals surface area (Å²) in [7, 11) is 0. The topological polar surface area (TPSA) is 175 Å². The molecule has 0 saturated carbocycles. The van der Waals surface area contributed by atoms with E-state index in [1.807, 2.05) is 6.08 Å². The van der Waals surface area contributed by atoms with Gasteiger partial charge in [-0.1, -0.05) is 274 Å². The molecule has 1 amide bonds. The molecule has 8 atom stereocenters. The molecule has 0 bridgehead atoms. The number of allylic oxidation sites excluding steroid dienone is 9. The molecular formula is C70H127NO10. The first-order valence-corrected chi connectivity index (χ1v) is 34.1. The molecule has 0 spiro atoms. The van der Waals surface area contributed by atoms with Crippen molar-refractivity contribution in [3.05, 3.63) is 60.8 Å². The number of rotatable bonds is 58. The van der Waals surface area contributed by atoms with Crippen molar-refractivity contribution in [2.75, 3.05) is 13.2 Å². The van der Waals surface area contributed by atoms with Gasteiger partial charge in [-0.05, 0) is 89.9 Å². The molecule has 1 heterocycles. The zero-order valence-corrected chi connectivity index (χ0v) is 52.4. The van der Waals surface area contributed by atoms with Crippen molar-refractivity contribution in [2.24, 2.45) is 0 Å². The number of carbonyl (C=O) groups excluding carboxylic acids is 2. The van der Waals surface area contributed by atoms with Gasteiger partial charge in [0.1, 0.15) is 24.4 Å². The van der Waals surface area contributed by atoms with Crippen LogP contribution in [-0.4, -0.2) is 99.6 Å². The maximum Gasteiger partial charge on any atom is 0.306 e. The quantitative estimate of drug-likeness (QED) is 0.0195. The predicted molar refractivity (Wildman–Crippen MR) is 338 cm³/mol. The Balaban J connectivity index is 2.60. The van der Waals surface area contributed by atoms with E-state index in [0.717, 1.165) is 83.5 Å². The highest BCUT2D eigenvalue weighted by Crippen LogP contribution is 2.26. The minimum Gasteiger partial charge on any atom is -0.454 e. The molecule has 0 aromatic heterocycles. The third-order valence-electron chi connectivity index (χ3n) is 15.9. The van der Waals surface area contributed by atoms with E-state index in [-0.39, 0.29) is 19.4 Å². The number of nitrogens with one attached hydrogen (secondary N) is 1. The number of amides is 1. The third kappa shape index (κ3) is 45.4. The van der Waals surface area contributed by atoms with Crippen LogP contribution < -0.4 is 5.32 Å². The molecule has 0 aromatic rings. The van der Waals surface area contributed by atoms with E-state index in [1.54, 1.807) is 6.08 Å². The number of ether oxygens (including phenoxy) is 3. The maximum atomic E-state index is 13.5. The van der Waals surface area contributed by atoms with E-state index in [9.17, 15) is 35.1 Å². The third-order valence-corrected chi connectivity index (χ3v) is 15.9. The Labute approximate surface area is 497 Å². The molecule has 1 rings (SSSR count). The van der Waals surface area contributed by atoms with Crippen molar-refractivity contribution in [3.8, 4) is 0 Å². The van der Waals surface area contributed by atoms with Crippen molar-refractivity contribution < 1.29 is 49.3 Å². The second-order valence-corrected chi connectivity index (χ2v) is 23.6. The van der Waals surface area contributed by atoms with Crippen LogP contribution in [0.4, 0.5) is 0 Å². The van der Waals surface area contributed by atoms with Gasteiger partial charge in [-0.3, -0.25) is 9.59 Å². The fourth-order valence-electron chi connectivity index (χ4n) is 10.5. The molecule has 1 saturated heterocycles. The van der Waals surface area contributed by atoms with E-state index >= 15 is 0 Å². The number of aliphatic hydroxyl groups excluding tert-OH is 5. The van der Waals surface area contributed by atoms with E-state index in [0.29, 0.717) is 12.8 Å². The first kappa shape index (κ1) is 76.4. The molecule has 1 aliphatic heterocycles.